The minimum absolute atomic E-state index is 0.258. The van der Waals surface area contributed by atoms with Crippen LogP contribution in [0.3, 0.4) is 0 Å². The quantitative estimate of drug-likeness (QED) is 0.892. The zero-order chi connectivity index (χ0) is 13.1. The summed E-state index contributed by atoms with van der Waals surface area (Å²) < 4.78 is 5.10. The Kier molecular flexibility index (Phi) is 3.07. The van der Waals surface area contributed by atoms with Crippen molar-refractivity contribution >= 4 is 5.95 Å². The van der Waals surface area contributed by atoms with Crippen LogP contribution in [0.5, 0.6) is 5.88 Å². The number of hydrogen-bond acceptors (Lipinski definition) is 4. The fraction of sp³-hybridized carbons (Fsp3) is 0.333. The van der Waals surface area contributed by atoms with Crippen LogP contribution in [0.25, 0.3) is 0 Å². The number of anilines is 1. The lowest BCUT2D eigenvalue weighted by Crippen LogP contribution is -2.20. The molecular formula is C15H17N3O. The molecule has 0 amide bonds. The molecule has 0 saturated heterocycles. The van der Waals surface area contributed by atoms with Gasteiger partial charge in [-0.3, -0.25) is 0 Å². The number of hydrogen-bond donors (Lipinski definition) is 1. The molecule has 98 valence electrons. The lowest BCUT2D eigenvalue weighted by Gasteiger charge is -2.16. The highest BCUT2D eigenvalue weighted by atomic mass is 16.5. The molecule has 0 unspecified atom stereocenters. The van der Waals surface area contributed by atoms with E-state index in [0.29, 0.717) is 11.8 Å². The van der Waals surface area contributed by atoms with Crippen molar-refractivity contribution in [2.45, 2.75) is 18.3 Å². The number of rotatable bonds is 5. The van der Waals surface area contributed by atoms with Crippen molar-refractivity contribution in [1.82, 2.24) is 9.97 Å². The molecular weight excluding hydrogens is 238 g/mol. The topological polar surface area (TPSA) is 47.0 Å². The van der Waals surface area contributed by atoms with Gasteiger partial charge in [0.25, 0.3) is 0 Å². The molecule has 19 heavy (non-hydrogen) atoms. The van der Waals surface area contributed by atoms with E-state index in [1.54, 1.807) is 19.4 Å². The third-order valence-electron chi connectivity index (χ3n) is 3.66. The summed E-state index contributed by atoms with van der Waals surface area (Å²) in [5.74, 6) is 1.21. The molecule has 1 fully saturated rings. The second-order valence-corrected chi connectivity index (χ2v) is 4.92. The summed E-state index contributed by atoms with van der Waals surface area (Å²) in [4.78, 5) is 8.48. The maximum Gasteiger partial charge on any atom is 0.225 e. The first kappa shape index (κ1) is 12.0. The second kappa shape index (κ2) is 4.88. The highest BCUT2D eigenvalue weighted by Crippen LogP contribution is 2.47. The maximum absolute atomic E-state index is 5.10. The summed E-state index contributed by atoms with van der Waals surface area (Å²) in [7, 11) is 1.61. The van der Waals surface area contributed by atoms with E-state index in [9.17, 15) is 0 Å². The third-order valence-corrected chi connectivity index (χ3v) is 3.66. The number of benzene rings is 1. The Bertz CT molecular complexity index is 552. The summed E-state index contributed by atoms with van der Waals surface area (Å²) in [5, 5.41) is 3.32. The van der Waals surface area contributed by atoms with E-state index in [4.69, 9.17) is 4.74 Å². The lowest BCUT2D eigenvalue weighted by molar-refractivity contribution is 0.397. The van der Waals surface area contributed by atoms with E-state index in [-0.39, 0.29) is 5.41 Å². The maximum atomic E-state index is 5.10. The van der Waals surface area contributed by atoms with Crippen molar-refractivity contribution in [1.29, 1.82) is 0 Å². The van der Waals surface area contributed by atoms with E-state index < -0.39 is 0 Å². The molecule has 4 nitrogen and oxygen atoms in total. The SMILES string of the molecule is COc1ccnc(NCC2(c3ccccc3)CC2)n1. The van der Waals surface area contributed by atoms with Gasteiger partial charge in [0, 0.05) is 24.2 Å². The van der Waals surface area contributed by atoms with Crippen LogP contribution in [-0.4, -0.2) is 23.6 Å². The third kappa shape index (κ3) is 2.52. The standard InChI is InChI=1S/C15H17N3O/c1-19-13-7-10-16-14(18-13)17-11-15(8-9-15)12-5-3-2-4-6-12/h2-7,10H,8-9,11H2,1H3,(H,16,17,18). The minimum atomic E-state index is 0.258. The average Bonchev–Trinajstić information content (AvgIpc) is 3.28. The van der Waals surface area contributed by atoms with E-state index in [1.807, 2.05) is 0 Å². The second-order valence-electron chi connectivity index (χ2n) is 4.92. The van der Waals surface area contributed by atoms with Gasteiger partial charge in [-0.1, -0.05) is 30.3 Å². The Hall–Kier alpha value is -2.10. The van der Waals surface area contributed by atoms with Gasteiger partial charge in [0.15, 0.2) is 0 Å². The van der Waals surface area contributed by atoms with Gasteiger partial charge in [-0.25, -0.2) is 4.98 Å². The number of nitrogens with zero attached hydrogens (tertiary/aromatic N) is 2. The van der Waals surface area contributed by atoms with Crippen molar-refractivity contribution in [2.75, 3.05) is 19.0 Å². The molecule has 1 aromatic carbocycles. The smallest absolute Gasteiger partial charge is 0.225 e. The van der Waals surface area contributed by atoms with Gasteiger partial charge in [-0.2, -0.15) is 4.98 Å². The van der Waals surface area contributed by atoms with Gasteiger partial charge < -0.3 is 10.1 Å². The van der Waals surface area contributed by atoms with Crippen LogP contribution in [0, 0.1) is 0 Å². The van der Waals surface area contributed by atoms with Gasteiger partial charge >= 0.3 is 0 Å². The molecule has 0 bridgehead atoms. The number of nitrogens with one attached hydrogen (secondary N) is 1. The fourth-order valence-corrected chi connectivity index (χ4v) is 2.30. The zero-order valence-corrected chi connectivity index (χ0v) is 11.0. The molecule has 4 heteroatoms. The predicted molar refractivity (Wildman–Crippen MR) is 74.4 cm³/mol. The van der Waals surface area contributed by atoms with Crippen molar-refractivity contribution in [3.05, 3.63) is 48.2 Å². The Morgan fingerprint density at radius 2 is 2.00 bits per heavy atom. The Morgan fingerprint density at radius 3 is 2.68 bits per heavy atom. The highest BCUT2D eigenvalue weighted by molar-refractivity contribution is 5.36. The van der Waals surface area contributed by atoms with Crippen LogP contribution in [0.1, 0.15) is 18.4 Å². The molecule has 1 aromatic heterocycles. The van der Waals surface area contributed by atoms with Crippen LogP contribution >= 0.6 is 0 Å². The van der Waals surface area contributed by atoms with Gasteiger partial charge in [-0.05, 0) is 18.4 Å². The first-order chi connectivity index (χ1) is 9.32. The van der Waals surface area contributed by atoms with Crippen LogP contribution in [-0.2, 0) is 5.41 Å². The number of aromatic nitrogens is 2. The van der Waals surface area contributed by atoms with E-state index in [0.717, 1.165) is 6.54 Å². The van der Waals surface area contributed by atoms with Gasteiger partial charge in [0.1, 0.15) is 0 Å². The molecule has 3 rings (SSSR count). The Labute approximate surface area is 112 Å². The van der Waals surface area contributed by atoms with Crippen molar-refractivity contribution in [2.24, 2.45) is 0 Å². The van der Waals surface area contributed by atoms with Crippen molar-refractivity contribution < 1.29 is 4.74 Å². The van der Waals surface area contributed by atoms with Crippen molar-refractivity contribution in [3.8, 4) is 5.88 Å². The molecule has 1 N–H and O–H groups in total. The first-order valence-corrected chi connectivity index (χ1v) is 6.49. The summed E-state index contributed by atoms with van der Waals surface area (Å²) in [6, 6.07) is 12.4. The molecule has 1 saturated carbocycles. The van der Waals surface area contributed by atoms with E-state index in [2.05, 4.69) is 45.6 Å². The van der Waals surface area contributed by atoms with Gasteiger partial charge in [0.2, 0.25) is 11.8 Å². The van der Waals surface area contributed by atoms with Crippen LogP contribution in [0.15, 0.2) is 42.6 Å². The van der Waals surface area contributed by atoms with Crippen LogP contribution in [0.4, 0.5) is 5.95 Å². The summed E-state index contributed by atoms with van der Waals surface area (Å²) in [6.07, 6.45) is 4.14. The average molecular weight is 255 g/mol. The number of methoxy groups -OCH3 is 1. The van der Waals surface area contributed by atoms with Gasteiger partial charge in [-0.15, -0.1) is 0 Å². The molecule has 1 aliphatic rings. The van der Waals surface area contributed by atoms with Gasteiger partial charge in [0.05, 0.1) is 7.11 Å². The van der Waals surface area contributed by atoms with Crippen molar-refractivity contribution in [3.63, 3.8) is 0 Å². The van der Waals surface area contributed by atoms with Crippen LogP contribution in [0.2, 0.25) is 0 Å². The Balaban J connectivity index is 1.69. The first-order valence-electron chi connectivity index (χ1n) is 6.49. The molecule has 1 heterocycles. The minimum Gasteiger partial charge on any atom is -0.481 e. The molecule has 0 atom stereocenters. The summed E-state index contributed by atoms with van der Waals surface area (Å²) in [6.45, 7) is 0.865. The molecule has 0 radical (unpaired) electrons. The Morgan fingerprint density at radius 1 is 1.21 bits per heavy atom. The number of ether oxygens (including phenoxy) is 1. The van der Waals surface area contributed by atoms with Crippen LogP contribution < -0.4 is 10.1 Å². The highest BCUT2D eigenvalue weighted by Gasteiger charge is 2.43. The molecule has 2 aromatic rings. The van der Waals surface area contributed by atoms with E-state index >= 15 is 0 Å². The predicted octanol–water partition coefficient (Wildman–Crippen LogP) is 2.63. The zero-order valence-electron chi connectivity index (χ0n) is 11.0. The molecule has 0 spiro atoms. The summed E-state index contributed by atoms with van der Waals surface area (Å²) in [5.41, 5.74) is 1.65. The molecule has 1 aliphatic carbocycles. The largest absolute Gasteiger partial charge is 0.481 e. The monoisotopic (exact) mass is 255 g/mol. The lowest BCUT2D eigenvalue weighted by atomic mass is 9.96. The fourth-order valence-electron chi connectivity index (χ4n) is 2.30. The molecule has 0 aliphatic heterocycles. The van der Waals surface area contributed by atoms with E-state index in [1.165, 1.54) is 18.4 Å². The summed E-state index contributed by atoms with van der Waals surface area (Å²) >= 11 is 0. The normalized spacial score (nSPS) is 15.8.